The lowest BCUT2D eigenvalue weighted by molar-refractivity contribution is -0.384. The number of rotatable bonds is 8. The number of carbonyl (C=O) groups is 4. The fraction of sp³-hybridized carbons (Fsp3) is 0.0741. The zero-order chi connectivity index (χ0) is 26.5. The molecule has 0 fully saturated rings. The molecule has 37 heavy (non-hydrogen) atoms. The first-order valence-corrected chi connectivity index (χ1v) is 10.9. The van der Waals surface area contributed by atoms with E-state index in [0.717, 1.165) is 24.3 Å². The van der Waals surface area contributed by atoms with Crippen LogP contribution in [0.5, 0.6) is 0 Å². The summed E-state index contributed by atoms with van der Waals surface area (Å²) in [6.45, 7) is 0. The van der Waals surface area contributed by atoms with Crippen LogP contribution in [-0.4, -0.2) is 28.4 Å². The molecule has 0 saturated carbocycles. The average Bonchev–Trinajstić information content (AvgIpc) is 3.24. The molecule has 3 aromatic carbocycles. The summed E-state index contributed by atoms with van der Waals surface area (Å²) in [5.74, 6) is -5.68. The molecule has 0 aromatic heterocycles. The summed E-state index contributed by atoms with van der Waals surface area (Å²) in [7, 11) is 0. The quantitative estimate of drug-likeness (QED) is 0.124. The first-order valence-electron chi connectivity index (χ1n) is 10.9. The molecular weight excluding hydrogens is 478 g/mol. The molecular formula is C27H17N3O7. The standard InChI is InChI=1S/C27H17N3O7/c28-15-17-14-18(30(35)36)11-12-21(17)29-26(33)24(32)23(22(31)13-10-16-6-2-1-3-7-16)25-19-8-4-5-9-20(19)27(34)37-25/h1-14,23,25H,(H,29,33)/b13-10+/t23-,25-/m0/s1. The van der Waals surface area contributed by atoms with Crippen molar-refractivity contribution in [1.29, 1.82) is 5.26 Å². The highest BCUT2D eigenvalue weighted by molar-refractivity contribution is 6.45. The molecule has 0 spiro atoms. The molecule has 1 aliphatic rings. The molecule has 0 bridgehead atoms. The van der Waals surface area contributed by atoms with Gasteiger partial charge in [-0.15, -0.1) is 0 Å². The third-order valence-electron chi connectivity index (χ3n) is 5.66. The molecule has 182 valence electrons. The Kier molecular flexibility index (Phi) is 6.97. The summed E-state index contributed by atoms with van der Waals surface area (Å²) in [5.41, 5.74) is 0.344. The first kappa shape index (κ1) is 24.7. The smallest absolute Gasteiger partial charge is 0.339 e. The predicted molar refractivity (Wildman–Crippen MR) is 130 cm³/mol. The number of Topliss-reactive ketones (excluding diaryl/α,β-unsaturated/α-hetero) is 1. The summed E-state index contributed by atoms with van der Waals surface area (Å²) >= 11 is 0. The van der Waals surface area contributed by atoms with Gasteiger partial charge in [0.25, 0.3) is 11.6 Å². The van der Waals surface area contributed by atoms with Gasteiger partial charge >= 0.3 is 5.97 Å². The van der Waals surface area contributed by atoms with Crippen molar-refractivity contribution >= 4 is 40.9 Å². The van der Waals surface area contributed by atoms with Crippen LogP contribution < -0.4 is 5.32 Å². The Balaban J connectivity index is 1.67. The molecule has 3 aromatic rings. The maximum atomic E-state index is 13.3. The lowest BCUT2D eigenvalue weighted by atomic mass is 9.86. The number of nitro benzene ring substituents is 1. The van der Waals surface area contributed by atoms with Gasteiger partial charge in [0.1, 0.15) is 18.1 Å². The van der Waals surface area contributed by atoms with Gasteiger partial charge in [-0.05, 0) is 23.8 Å². The van der Waals surface area contributed by atoms with Crippen molar-refractivity contribution < 1.29 is 28.8 Å². The zero-order valence-corrected chi connectivity index (χ0v) is 19.0. The summed E-state index contributed by atoms with van der Waals surface area (Å²) in [4.78, 5) is 62.2. The fourth-order valence-corrected chi connectivity index (χ4v) is 3.86. The number of ether oxygens (including phenoxy) is 1. The fourth-order valence-electron chi connectivity index (χ4n) is 3.86. The van der Waals surface area contributed by atoms with Crippen LogP contribution >= 0.6 is 0 Å². The Bertz CT molecular complexity index is 1510. The highest BCUT2D eigenvalue weighted by atomic mass is 16.6. The van der Waals surface area contributed by atoms with E-state index >= 15 is 0 Å². The number of esters is 1. The number of nitro groups is 1. The van der Waals surface area contributed by atoms with Crippen molar-refractivity contribution in [2.75, 3.05) is 5.32 Å². The normalized spacial score (nSPS) is 14.8. The van der Waals surface area contributed by atoms with E-state index in [9.17, 15) is 34.6 Å². The second-order valence-corrected chi connectivity index (χ2v) is 7.95. The molecule has 0 unspecified atom stereocenters. The van der Waals surface area contributed by atoms with E-state index in [1.54, 1.807) is 48.5 Å². The molecule has 0 aliphatic carbocycles. The van der Waals surface area contributed by atoms with Crippen molar-refractivity contribution in [3.8, 4) is 6.07 Å². The number of ketones is 2. The number of hydrogen-bond acceptors (Lipinski definition) is 8. The summed E-state index contributed by atoms with van der Waals surface area (Å²) in [6, 6.07) is 19.8. The molecule has 2 atom stereocenters. The lowest BCUT2D eigenvalue weighted by Gasteiger charge is -2.20. The van der Waals surface area contributed by atoms with Gasteiger partial charge in [-0.3, -0.25) is 24.5 Å². The number of carbonyl (C=O) groups excluding carboxylic acids is 4. The number of fused-ring (bicyclic) bond motifs is 1. The predicted octanol–water partition coefficient (Wildman–Crippen LogP) is 3.78. The Morgan fingerprint density at radius 1 is 1.05 bits per heavy atom. The number of cyclic esters (lactones) is 1. The minimum atomic E-state index is -1.71. The first-order chi connectivity index (χ1) is 17.8. The summed E-state index contributed by atoms with van der Waals surface area (Å²) < 4.78 is 5.35. The molecule has 0 radical (unpaired) electrons. The van der Waals surface area contributed by atoms with E-state index in [1.165, 1.54) is 18.2 Å². The van der Waals surface area contributed by atoms with E-state index < -0.39 is 40.4 Å². The largest absolute Gasteiger partial charge is 0.453 e. The number of nitrogens with zero attached hydrogens (tertiary/aromatic N) is 2. The third kappa shape index (κ3) is 5.16. The molecule has 1 N–H and O–H groups in total. The second-order valence-electron chi connectivity index (χ2n) is 7.95. The minimum Gasteiger partial charge on any atom is -0.453 e. The zero-order valence-electron chi connectivity index (χ0n) is 19.0. The van der Waals surface area contributed by atoms with Crippen molar-refractivity contribution in [3.05, 3.63) is 111 Å². The summed E-state index contributed by atoms with van der Waals surface area (Å²) in [5, 5.41) is 22.6. The van der Waals surface area contributed by atoms with Crippen LogP contribution in [0.3, 0.4) is 0 Å². The SMILES string of the molecule is N#Cc1cc([N+](=O)[O-])ccc1NC(=O)C(=O)[C@H](C(=O)/C=C/c1ccccc1)[C@H]1OC(=O)c2ccccc21. The van der Waals surface area contributed by atoms with Crippen LogP contribution in [-0.2, 0) is 19.1 Å². The maximum Gasteiger partial charge on any atom is 0.339 e. The van der Waals surface area contributed by atoms with E-state index in [2.05, 4.69) is 5.32 Å². The molecule has 1 amide bonds. The Hall–Kier alpha value is -5.43. The minimum absolute atomic E-state index is 0.152. The van der Waals surface area contributed by atoms with Crippen LogP contribution in [0.2, 0.25) is 0 Å². The van der Waals surface area contributed by atoms with Gasteiger partial charge in [0.15, 0.2) is 5.78 Å². The molecule has 1 aliphatic heterocycles. The highest BCUT2D eigenvalue weighted by Crippen LogP contribution is 2.37. The topological polar surface area (TPSA) is 156 Å². The second kappa shape index (κ2) is 10.5. The number of anilines is 1. The molecule has 10 nitrogen and oxygen atoms in total. The van der Waals surface area contributed by atoms with Gasteiger partial charge < -0.3 is 10.1 Å². The lowest BCUT2D eigenvalue weighted by Crippen LogP contribution is -2.37. The third-order valence-corrected chi connectivity index (χ3v) is 5.66. The monoisotopic (exact) mass is 495 g/mol. The number of allylic oxidation sites excluding steroid dienone is 1. The Morgan fingerprint density at radius 3 is 2.46 bits per heavy atom. The van der Waals surface area contributed by atoms with E-state index in [4.69, 9.17) is 4.74 Å². The number of benzene rings is 3. The van der Waals surface area contributed by atoms with Crippen molar-refractivity contribution in [3.63, 3.8) is 0 Å². The molecule has 4 rings (SSSR count). The van der Waals surface area contributed by atoms with E-state index in [1.807, 2.05) is 0 Å². The van der Waals surface area contributed by atoms with E-state index in [0.29, 0.717) is 5.56 Å². The van der Waals surface area contributed by atoms with Crippen LogP contribution in [0.4, 0.5) is 11.4 Å². The van der Waals surface area contributed by atoms with Gasteiger partial charge in [-0.1, -0.05) is 54.6 Å². The van der Waals surface area contributed by atoms with Crippen LogP contribution in [0.15, 0.2) is 78.9 Å². The number of hydrogen-bond donors (Lipinski definition) is 1. The van der Waals surface area contributed by atoms with Crippen LogP contribution in [0.1, 0.15) is 33.2 Å². The summed E-state index contributed by atoms with van der Waals surface area (Å²) in [6.07, 6.45) is 1.25. The van der Waals surface area contributed by atoms with E-state index in [-0.39, 0.29) is 28.1 Å². The number of non-ortho nitro benzene ring substituents is 1. The van der Waals surface area contributed by atoms with Crippen LogP contribution in [0.25, 0.3) is 6.08 Å². The molecule has 0 saturated heterocycles. The Labute approximate surface area is 209 Å². The van der Waals surface area contributed by atoms with Crippen molar-refractivity contribution in [2.45, 2.75) is 6.10 Å². The number of nitrogens with one attached hydrogen (secondary N) is 1. The molecule has 1 heterocycles. The molecule has 10 heteroatoms. The number of amides is 1. The highest BCUT2D eigenvalue weighted by Gasteiger charge is 2.45. The van der Waals surface area contributed by atoms with Gasteiger partial charge in [-0.25, -0.2) is 4.79 Å². The van der Waals surface area contributed by atoms with Crippen molar-refractivity contribution in [1.82, 2.24) is 0 Å². The van der Waals surface area contributed by atoms with Gasteiger partial charge in [0.2, 0.25) is 5.78 Å². The van der Waals surface area contributed by atoms with Crippen LogP contribution in [0, 0.1) is 27.4 Å². The average molecular weight is 495 g/mol. The number of nitriles is 1. The van der Waals surface area contributed by atoms with Crippen molar-refractivity contribution in [2.24, 2.45) is 5.92 Å². The van der Waals surface area contributed by atoms with Gasteiger partial charge in [0, 0.05) is 17.7 Å². The van der Waals surface area contributed by atoms with Gasteiger partial charge in [0.05, 0.1) is 21.7 Å². The maximum absolute atomic E-state index is 13.3. The Morgan fingerprint density at radius 2 is 1.76 bits per heavy atom. The van der Waals surface area contributed by atoms with Gasteiger partial charge in [-0.2, -0.15) is 5.26 Å².